The van der Waals surface area contributed by atoms with Crippen LogP contribution in [-0.4, -0.2) is 27.3 Å². The number of methoxy groups -OCH3 is 2. The Hall–Kier alpha value is -2.64. The molecule has 0 spiro atoms. The highest BCUT2D eigenvalue weighted by Gasteiger charge is 2.19. The fourth-order valence-electron chi connectivity index (χ4n) is 3.19. The van der Waals surface area contributed by atoms with Crippen LogP contribution in [0.25, 0.3) is 11.6 Å². The van der Waals surface area contributed by atoms with E-state index in [0.717, 1.165) is 41.4 Å². The highest BCUT2D eigenvalue weighted by molar-refractivity contribution is 6.30. The summed E-state index contributed by atoms with van der Waals surface area (Å²) >= 11 is 5.94. The second kappa shape index (κ2) is 8.16. The molecule has 2 aromatic carbocycles. The molecule has 1 saturated heterocycles. The predicted molar refractivity (Wildman–Crippen MR) is 106 cm³/mol. The van der Waals surface area contributed by atoms with Gasteiger partial charge in [0, 0.05) is 29.7 Å². The monoisotopic (exact) mass is 368 g/mol. The molecule has 3 rings (SSSR count). The fraction of sp³-hybridized carbons (Fsp3) is 0.286. The number of nitriles is 1. The van der Waals surface area contributed by atoms with Crippen molar-refractivity contribution in [2.45, 2.75) is 12.8 Å². The van der Waals surface area contributed by atoms with Crippen molar-refractivity contribution >= 4 is 28.9 Å². The predicted octanol–water partition coefficient (Wildman–Crippen LogP) is 5.02. The van der Waals surface area contributed by atoms with Crippen LogP contribution in [0.3, 0.4) is 0 Å². The van der Waals surface area contributed by atoms with Gasteiger partial charge in [0.25, 0.3) is 0 Å². The van der Waals surface area contributed by atoms with E-state index in [1.165, 1.54) is 12.8 Å². The molecule has 0 atom stereocenters. The van der Waals surface area contributed by atoms with Gasteiger partial charge in [-0.25, -0.2) is 0 Å². The normalized spacial score (nSPS) is 14.2. The molecule has 0 unspecified atom stereocenters. The van der Waals surface area contributed by atoms with Crippen LogP contribution >= 0.6 is 11.6 Å². The molecule has 4 nitrogen and oxygen atoms in total. The van der Waals surface area contributed by atoms with Crippen LogP contribution in [0.1, 0.15) is 24.0 Å². The second-order valence-corrected chi connectivity index (χ2v) is 6.57. The van der Waals surface area contributed by atoms with Crippen molar-refractivity contribution < 1.29 is 9.47 Å². The maximum Gasteiger partial charge on any atom is 0.143 e. The molecule has 26 heavy (non-hydrogen) atoms. The summed E-state index contributed by atoms with van der Waals surface area (Å²) in [5.74, 6) is 1.50. The molecule has 1 heterocycles. The van der Waals surface area contributed by atoms with E-state index in [4.69, 9.17) is 21.1 Å². The number of anilines is 1. The van der Waals surface area contributed by atoms with Crippen LogP contribution in [0, 0.1) is 11.3 Å². The van der Waals surface area contributed by atoms with E-state index in [1.807, 2.05) is 30.3 Å². The smallest absolute Gasteiger partial charge is 0.143 e. The Morgan fingerprint density at radius 1 is 1.08 bits per heavy atom. The molecule has 0 aliphatic carbocycles. The minimum Gasteiger partial charge on any atom is -0.496 e. The van der Waals surface area contributed by atoms with Gasteiger partial charge < -0.3 is 14.4 Å². The molecular formula is C21H21ClN2O2. The number of halogens is 1. The summed E-state index contributed by atoms with van der Waals surface area (Å²) < 4.78 is 11.2. The van der Waals surface area contributed by atoms with E-state index >= 15 is 0 Å². The summed E-state index contributed by atoms with van der Waals surface area (Å²) in [6.45, 7) is 2.03. The Morgan fingerprint density at radius 2 is 1.73 bits per heavy atom. The van der Waals surface area contributed by atoms with Gasteiger partial charge >= 0.3 is 0 Å². The summed E-state index contributed by atoms with van der Waals surface area (Å²) in [6, 6.07) is 13.4. The van der Waals surface area contributed by atoms with Crippen molar-refractivity contribution in [3.63, 3.8) is 0 Å². The number of allylic oxidation sites excluding steroid dienone is 1. The topological polar surface area (TPSA) is 45.5 Å². The largest absolute Gasteiger partial charge is 0.496 e. The van der Waals surface area contributed by atoms with E-state index < -0.39 is 0 Å². The number of nitrogens with zero attached hydrogens (tertiary/aromatic N) is 2. The van der Waals surface area contributed by atoms with Gasteiger partial charge in [-0.3, -0.25) is 0 Å². The van der Waals surface area contributed by atoms with Crippen molar-refractivity contribution in [2.24, 2.45) is 0 Å². The Labute approximate surface area is 159 Å². The molecule has 0 amide bonds. The van der Waals surface area contributed by atoms with Crippen molar-refractivity contribution in [2.75, 3.05) is 32.2 Å². The van der Waals surface area contributed by atoms with Crippen molar-refractivity contribution in [1.29, 1.82) is 5.26 Å². The van der Waals surface area contributed by atoms with Crippen LogP contribution < -0.4 is 14.4 Å². The third-order valence-corrected chi connectivity index (χ3v) is 4.81. The third kappa shape index (κ3) is 3.79. The Bertz CT molecular complexity index is 848. The zero-order chi connectivity index (χ0) is 18.5. The van der Waals surface area contributed by atoms with Gasteiger partial charge in [-0.15, -0.1) is 0 Å². The van der Waals surface area contributed by atoms with E-state index in [9.17, 15) is 5.26 Å². The number of ether oxygens (including phenoxy) is 2. The molecule has 2 aromatic rings. The zero-order valence-corrected chi connectivity index (χ0v) is 15.7. The minimum absolute atomic E-state index is 0.538. The van der Waals surface area contributed by atoms with Gasteiger partial charge in [0.1, 0.15) is 11.5 Å². The van der Waals surface area contributed by atoms with Crippen LogP contribution in [0.15, 0.2) is 36.4 Å². The summed E-state index contributed by atoms with van der Waals surface area (Å²) in [5.41, 5.74) is 3.18. The number of hydrogen-bond donors (Lipinski definition) is 0. The van der Waals surface area contributed by atoms with Gasteiger partial charge in [-0.2, -0.15) is 5.26 Å². The molecule has 1 fully saturated rings. The highest BCUT2D eigenvalue weighted by Crippen LogP contribution is 2.38. The molecule has 0 N–H and O–H groups in total. The first-order valence-electron chi connectivity index (χ1n) is 8.55. The molecule has 5 heteroatoms. The van der Waals surface area contributed by atoms with Gasteiger partial charge in [0.15, 0.2) is 0 Å². The molecule has 0 radical (unpaired) electrons. The first-order chi connectivity index (χ1) is 12.7. The number of benzene rings is 2. The van der Waals surface area contributed by atoms with Gasteiger partial charge in [0.2, 0.25) is 0 Å². The Balaban J connectivity index is 2.05. The summed E-state index contributed by atoms with van der Waals surface area (Å²) in [5, 5.41) is 10.2. The van der Waals surface area contributed by atoms with E-state index in [-0.39, 0.29) is 0 Å². The molecule has 1 aliphatic heterocycles. The molecule has 0 aromatic heterocycles. The number of hydrogen-bond acceptors (Lipinski definition) is 4. The first-order valence-corrected chi connectivity index (χ1v) is 8.92. The third-order valence-electron chi connectivity index (χ3n) is 4.55. The first kappa shape index (κ1) is 18.2. The zero-order valence-electron chi connectivity index (χ0n) is 15.0. The second-order valence-electron chi connectivity index (χ2n) is 6.14. The van der Waals surface area contributed by atoms with Crippen LogP contribution in [0.5, 0.6) is 11.5 Å². The quantitative estimate of drug-likeness (QED) is 0.549. The van der Waals surface area contributed by atoms with E-state index in [1.54, 1.807) is 26.4 Å². The SMILES string of the molecule is COc1cc(N2CCCC2)c(OC)cc1/C=C(/C#N)c1ccc(Cl)cc1. The lowest BCUT2D eigenvalue weighted by Gasteiger charge is -2.22. The van der Waals surface area contributed by atoms with Crippen molar-refractivity contribution in [3.8, 4) is 17.6 Å². The molecule has 0 saturated carbocycles. The minimum atomic E-state index is 0.538. The molecular weight excluding hydrogens is 348 g/mol. The summed E-state index contributed by atoms with van der Waals surface area (Å²) in [4.78, 5) is 2.30. The molecule has 1 aliphatic rings. The number of rotatable bonds is 5. The standard InChI is InChI=1S/C21H21ClN2O2/c1-25-20-13-19(24-9-3-4-10-24)21(26-2)12-16(20)11-17(14-23)15-5-7-18(22)8-6-15/h5-8,11-13H,3-4,9-10H2,1-2H3/b17-11-. The van der Waals surface area contributed by atoms with Crippen LogP contribution in [-0.2, 0) is 0 Å². The van der Waals surface area contributed by atoms with Crippen LogP contribution in [0.4, 0.5) is 5.69 Å². The average Bonchev–Trinajstić information content (AvgIpc) is 3.21. The summed E-state index contributed by atoms with van der Waals surface area (Å²) in [7, 11) is 3.31. The van der Waals surface area contributed by atoms with Gasteiger partial charge in [-0.1, -0.05) is 23.7 Å². The van der Waals surface area contributed by atoms with Gasteiger partial charge in [0.05, 0.1) is 31.5 Å². The van der Waals surface area contributed by atoms with E-state index in [2.05, 4.69) is 11.0 Å². The van der Waals surface area contributed by atoms with Crippen LogP contribution in [0.2, 0.25) is 5.02 Å². The lowest BCUT2D eigenvalue weighted by atomic mass is 10.0. The Kier molecular flexibility index (Phi) is 5.70. The van der Waals surface area contributed by atoms with E-state index in [0.29, 0.717) is 10.6 Å². The lowest BCUT2D eigenvalue weighted by molar-refractivity contribution is 0.402. The molecule has 0 bridgehead atoms. The summed E-state index contributed by atoms with van der Waals surface area (Å²) in [6.07, 6.45) is 4.18. The molecule has 134 valence electrons. The Morgan fingerprint density at radius 3 is 2.31 bits per heavy atom. The average molecular weight is 369 g/mol. The maximum atomic E-state index is 9.60. The van der Waals surface area contributed by atoms with Gasteiger partial charge in [-0.05, 0) is 42.7 Å². The highest BCUT2D eigenvalue weighted by atomic mass is 35.5. The maximum absolute atomic E-state index is 9.60. The van der Waals surface area contributed by atoms with Crippen molar-refractivity contribution in [1.82, 2.24) is 0 Å². The lowest BCUT2D eigenvalue weighted by Crippen LogP contribution is -2.18. The van der Waals surface area contributed by atoms with Crippen molar-refractivity contribution in [3.05, 3.63) is 52.5 Å². The fourth-order valence-corrected chi connectivity index (χ4v) is 3.31.